The van der Waals surface area contributed by atoms with Gasteiger partial charge in [-0.3, -0.25) is 0 Å². The molecule has 0 spiro atoms. The van der Waals surface area contributed by atoms with Crippen molar-refractivity contribution in [2.75, 3.05) is 40.6 Å². The van der Waals surface area contributed by atoms with Gasteiger partial charge in [0.1, 0.15) is 5.82 Å². The topological polar surface area (TPSA) is 71.1 Å². The number of rotatable bonds is 15. The highest BCUT2D eigenvalue weighted by Gasteiger charge is 2.10. The lowest BCUT2D eigenvalue weighted by molar-refractivity contribution is -0.140. The number of hydrogen-bond acceptors (Lipinski definition) is 6. The van der Waals surface area contributed by atoms with Crippen molar-refractivity contribution in [3.63, 3.8) is 0 Å². The lowest BCUT2D eigenvalue weighted by Crippen LogP contribution is -2.12. The molecule has 2 rings (SSSR count). The van der Waals surface area contributed by atoms with Crippen molar-refractivity contribution < 1.29 is 32.9 Å². The summed E-state index contributed by atoms with van der Waals surface area (Å²) in [7, 11) is 2.97. The van der Waals surface area contributed by atoms with E-state index in [0.717, 1.165) is 23.1 Å². The molecule has 0 amide bonds. The maximum atomic E-state index is 14.6. The molecular weight excluding hydrogens is 451 g/mol. The molecule has 0 unspecified atom stereocenters. The van der Waals surface area contributed by atoms with Crippen LogP contribution < -0.4 is 0 Å². The second kappa shape index (κ2) is 14.9. The van der Waals surface area contributed by atoms with Crippen LogP contribution in [0, 0.1) is 5.82 Å². The lowest BCUT2D eigenvalue weighted by atomic mass is 9.99. The van der Waals surface area contributed by atoms with Gasteiger partial charge in [-0.1, -0.05) is 49.6 Å². The molecule has 0 fully saturated rings. The largest absolute Gasteiger partial charge is 0.462 e. The molecule has 2 aromatic rings. The standard InChI is InChI=1S/C28H33FO6/c1-20(18-32-3)27(30)34-15-5-7-22-9-11-23(12-10-22)25-14-13-24(26(29)17-25)8-6-16-35-28(31)21(2)19-33-4/h9-14,17H,1-2,5-8,15-16,18-19H2,3-4H3. The van der Waals surface area contributed by atoms with Gasteiger partial charge in [0.25, 0.3) is 0 Å². The van der Waals surface area contributed by atoms with E-state index in [1.54, 1.807) is 6.07 Å². The van der Waals surface area contributed by atoms with E-state index in [0.29, 0.717) is 37.0 Å². The maximum absolute atomic E-state index is 14.6. The third kappa shape index (κ3) is 9.47. The van der Waals surface area contributed by atoms with Crippen LogP contribution in [0.2, 0.25) is 0 Å². The van der Waals surface area contributed by atoms with Crippen LogP contribution in [-0.4, -0.2) is 52.6 Å². The van der Waals surface area contributed by atoms with Crippen molar-refractivity contribution in [3.8, 4) is 11.1 Å². The van der Waals surface area contributed by atoms with Crippen LogP contribution in [0.1, 0.15) is 24.0 Å². The number of aryl methyl sites for hydroxylation is 2. The molecule has 0 saturated carbocycles. The average molecular weight is 485 g/mol. The van der Waals surface area contributed by atoms with Crippen LogP contribution in [0.15, 0.2) is 66.8 Å². The zero-order valence-corrected chi connectivity index (χ0v) is 20.4. The van der Waals surface area contributed by atoms with E-state index in [1.165, 1.54) is 20.3 Å². The van der Waals surface area contributed by atoms with Crippen LogP contribution in [0.25, 0.3) is 11.1 Å². The highest BCUT2D eigenvalue weighted by atomic mass is 19.1. The van der Waals surface area contributed by atoms with Gasteiger partial charge < -0.3 is 18.9 Å². The van der Waals surface area contributed by atoms with E-state index < -0.39 is 11.9 Å². The number of ether oxygens (including phenoxy) is 4. The van der Waals surface area contributed by atoms with Crippen LogP contribution in [-0.2, 0) is 41.4 Å². The summed E-state index contributed by atoms with van der Waals surface area (Å²) >= 11 is 0. The van der Waals surface area contributed by atoms with Gasteiger partial charge in [0.05, 0.1) is 37.6 Å². The zero-order valence-electron chi connectivity index (χ0n) is 20.4. The Bertz CT molecular complexity index is 1010. The van der Waals surface area contributed by atoms with Gasteiger partial charge in [-0.05, 0) is 54.0 Å². The number of methoxy groups -OCH3 is 2. The van der Waals surface area contributed by atoms with Gasteiger partial charge in [-0.25, -0.2) is 14.0 Å². The van der Waals surface area contributed by atoms with Crippen LogP contribution in [0.4, 0.5) is 4.39 Å². The average Bonchev–Trinajstić information content (AvgIpc) is 2.85. The first-order chi connectivity index (χ1) is 16.8. The van der Waals surface area contributed by atoms with Gasteiger partial charge in [-0.2, -0.15) is 0 Å². The summed E-state index contributed by atoms with van der Waals surface area (Å²) in [6, 6.07) is 13.0. The fourth-order valence-corrected chi connectivity index (χ4v) is 3.33. The molecule has 35 heavy (non-hydrogen) atoms. The smallest absolute Gasteiger partial charge is 0.335 e. The molecule has 7 heteroatoms. The molecule has 0 aliphatic rings. The zero-order chi connectivity index (χ0) is 25.6. The number of benzene rings is 2. The Kier molecular flexibility index (Phi) is 11.9. The van der Waals surface area contributed by atoms with Crippen molar-refractivity contribution in [2.24, 2.45) is 0 Å². The quantitative estimate of drug-likeness (QED) is 0.205. The number of carbonyl (C=O) groups is 2. The SMILES string of the molecule is C=C(COC)C(=O)OCCCc1ccc(-c2ccc(CCCOC(=O)C(=C)COC)c(F)c2)cc1. The highest BCUT2D eigenvalue weighted by molar-refractivity contribution is 5.88. The Labute approximate surface area is 206 Å². The van der Waals surface area contributed by atoms with E-state index >= 15 is 0 Å². The third-order valence-corrected chi connectivity index (χ3v) is 5.22. The Hall–Kier alpha value is -3.29. The monoisotopic (exact) mass is 484 g/mol. The number of halogens is 1. The van der Waals surface area contributed by atoms with E-state index in [-0.39, 0.29) is 31.2 Å². The summed E-state index contributed by atoms with van der Waals surface area (Å²) < 4.78 is 34.6. The molecule has 0 radical (unpaired) electrons. The molecule has 0 bridgehead atoms. The van der Waals surface area contributed by atoms with Crippen LogP contribution in [0.5, 0.6) is 0 Å². The number of carbonyl (C=O) groups excluding carboxylic acids is 2. The van der Waals surface area contributed by atoms with Gasteiger partial charge in [0.15, 0.2) is 0 Å². The van der Waals surface area contributed by atoms with Gasteiger partial charge in [0.2, 0.25) is 0 Å². The first kappa shape index (κ1) is 28.0. The Morgan fingerprint density at radius 2 is 1.29 bits per heavy atom. The molecule has 6 nitrogen and oxygen atoms in total. The van der Waals surface area contributed by atoms with E-state index in [4.69, 9.17) is 18.9 Å². The van der Waals surface area contributed by atoms with Gasteiger partial charge in [-0.15, -0.1) is 0 Å². The van der Waals surface area contributed by atoms with E-state index in [1.807, 2.05) is 30.3 Å². The van der Waals surface area contributed by atoms with E-state index in [9.17, 15) is 14.0 Å². The van der Waals surface area contributed by atoms with Crippen LogP contribution in [0.3, 0.4) is 0 Å². The van der Waals surface area contributed by atoms with Crippen LogP contribution >= 0.6 is 0 Å². The van der Waals surface area contributed by atoms with Crippen molar-refractivity contribution >= 4 is 11.9 Å². The summed E-state index contributed by atoms with van der Waals surface area (Å²) in [4.78, 5) is 23.4. The van der Waals surface area contributed by atoms with Crippen molar-refractivity contribution in [3.05, 3.63) is 83.7 Å². The molecule has 0 aliphatic carbocycles. The predicted molar refractivity (Wildman–Crippen MR) is 132 cm³/mol. The Balaban J connectivity index is 1.80. The van der Waals surface area contributed by atoms with Crippen molar-refractivity contribution in [1.29, 1.82) is 0 Å². The first-order valence-corrected chi connectivity index (χ1v) is 11.4. The number of hydrogen-bond donors (Lipinski definition) is 0. The Morgan fingerprint density at radius 3 is 1.80 bits per heavy atom. The molecule has 2 aromatic carbocycles. The summed E-state index contributed by atoms with van der Waals surface area (Å²) in [5.41, 5.74) is 3.91. The van der Waals surface area contributed by atoms with Crippen molar-refractivity contribution in [2.45, 2.75) is 25.7 Å². The fourth-order valence-electron chi connectivity index (χ4n) is 3.33. The normalized spacial score (nSPS) is 10.6. The third-order valence-electron chi connectivity index (χ3n) is 5.22. The molecule has 0 aliphatic heterocycles. The lowest BCUT2D eigenvalue weighted by Gasteiger charge is -2.09. The molecule has 0 saturated heterocycles. The summed E-state index contributed by atoms with van der Waals surface area (Å²) in [5, 5.41) is 0. The predicted octanol–water partition coefficient (Wildman–Crippen LogP) is 4.85. The molecular formula is C28H33FO6. The molecule has 0 atom stereocenters. The minimum absolute atomic E-state index is 0.122. The summed E-state index contributed by atoms with van der Waals surface area (Å²) in [6.45, 7) is 7.97. The fraction of sp³-hybridized carbons (Fsp3) is 0.357. The minimum Gasteiger partial charge on any atom is -0.462 e. The van der Waals surface area contributed by atoms with Gasteiger partial charge >= 0.3 is 11.9 Å². The van der Waals surface area contributed by atoms with E-state index in [2.05, 4.69) is 13.2 Å². The van der Waals surface area contributed by atoms with Gasteiger partial charge in [0, 0.05) is 14.2 Å². The highest BCUT2D eigenvalue weighted by Crippen LogP contribution is 2.23. The molecule has 0 N–H and O–H groups in total. The second-order valence-electron chi connectivity index (χ2n) is 8.06. The maximum Gasteiger partial charge on any atom is 0.335 e. The summed E-state index contributed by atoms with van der Waals surface area (Å²) in [5.74, 6) is -1.24. The first-order valence-electron chi connectivity index (χ1n) is 11.4. The Morgan fingerprint density at radius 1 is 0.771 bits per heavy atom. The second-order valence-corrected chi connectivity index (χ2v) is 8.06. The number of esters is 2. The minimum atomic E-state index is -0.500. The van der Waals surface area contributed by atoms with Crippen molar-refractivity contribution in [1.82, 2.24) is 0 Å². The molecule has 0 heterocycles. The molecule has 0 aromatic heterocycles. The summed E-state index contributed by atoms with van der Waals surface area (Å²) in [6.07, 6.45) is 2.40. The molecule has 188 valence electrons.